The Kier molecular flexibility index (Phi) is 7.60. The third-order valence-electron chi connectivity index (χ3n) is 6.32. The van der Waals surface area contributed by atoms with E-state index in [1.807, 2.05) is 30.3 Å². The molecule has 0 aliphatic carbocycles. The summed E-state index contributed by atoms with van der Waals surface area (Å²) >= 11 is 0.894. The summed E-state index contributed by atoms with van der Waals surface area (Å²) in [5.74, 6) is -7.58. The average molecular weight is 556 g/mol. The van der Waals surface area contributed by atoms with E-state index in [1.165, 1.54) is 22.4 Å². The molecule has 11 heteroatoms. The molecule has 5 rings (SSSR count). The van der Waals surface area contributed by atoms with Crippen molar-refractivity contribution < 1.29 is 31.9 Å². The summed E-state index contributed by atoms with van der Waals surface area (Å²) in [4.78, 5) is 31.1. The van der Waals surface area contributed by atoms with Crippen molar-refractivity contribution in [3.63, 3.8) is 0 Å². The van der Waals surface area contributed by atoms with Crippen molar-refractivity contribution in [1.29, 1.82) is 0 Å². The van der Waals surface area contributed by atoms with Gasteiger partial charge in [-0.2, -0.15) is 0 Å². The lowest BCUT2D eigenvalue weighted by molar-refractivity contribution is -0.120. The first kappa shape index (κ1) is 26.4. The first-order valence-electron chi connectivity index (χ1n) is 12.0. The Morgan fingerprint density at radius 3 is 2.26 bits per heavy atom. The fourth-order valence-corrected chi connectivity index (χ4v) is 5.15. The molecule has 3 aromatic carbocycles. The molecular weight excluding hydrogens is 534 g/mol. The molecule has 0 saturated carbocycles. The number of halogens is 4. The number of ether oxygens (including phenoxy) is 1. The Balaban J connectivity index is 1.35. The van der Waals surface area contributed by atoms with Crippen LogP contribution in [-0.4, -0.2) is 34.5 Å². The van der Waals surface area contributed by atoms with Gasteiger partial charge in [-0.15, -0.1) is 11.3 Å². The zero-order chi connectivity index (χ0) is 27.5. The van der Waals surface area contributed by atoms with Crippen molar-refractivity contribution in [2.75, 3.05) is 11.9 Å². The number of thiazole rings is 1. The number of carbonyl (C=O) groups excluding carboxylic acids is 2. The minimum absolute atomic E-state index is 0.0167. The fourth-order valence-electron chi connectivity index (χ4n) is 4.44. The molecule has 2 amide bonds. The molecular formula is C28H21F4N3O3S. The molecule has 6 nitrogen and oxygen atoms in total. The average Bonchev–Trinajstić information content (AvgIpc) is 3.64. The van der Waals surface area contributed by atoms with Crippen LogP contribution in [0.2, 0.25) is 0 Å². The summed E-state index contributed by atoms with van der Waals surface area (Å²) in [7, 11) is 0. The monoisotopic (exact) mass is 555 g/mol. The molecule has 1 saturated heterocycles. The summed E-state index contributed by atoms with van der Waals surface area (Å²) in [6.45, 7) is 0.384. The maximum Gasteiger partial charge on any atom is 0.410 e. The molecule has 1 N–H and O–H groups in total. The van der Waals surface area contributed by atoms with E-state index < -0.39 is 52.4 Å². The van der Waals surface area contributed by atoms with Gasteiger partial charge in [0.25, 0.3) is 0 Å². The van der Waals surface area contributed by atoms with Crippen LogP contribution in [0.15, 0.2) is 66.0 Å². The van der Waals surface area contributed by atoms with E-state index in [9.17, 15) is 27.2 Å². The van der Waals surface area contributed by atoms with Gasteiger partial charge in [0.15, 0.2) is 28.4 Å². The van der Waals surface area contributed by atoms with E-state index in [0.29, 0.717) is 19.4 Å². The lowest BCUT2D eigenvalue weighted by Gasteiger charge is -2.22. The number of aromatic nitrogens is 1. The lowest BCUT2D eigenvalue weighted by Crippen LogP contribution is -2.43. The summed E-state index contributed by atoms with van der Waals surface area (Å²) in [6.07, 6.45) is 0.343. The van der Waals surface area contributed by atoms with Crippen molar-refractivity contribution in [3.05, 3.63) is 94.9 Å². The SMILES string of the molecule is O=C(Nc1nc(-c2c(F)c(F)c(F)c(F)c2-c2ccccc2)cs1)C1CCCN1C(=O)OCc1ccccc1. The number of hydrogen-bond donors (Lipinski definition) is 1. The van der Waals surface area contributed by atoms with Crippen LogP contribution in [0.25, 0.3) is 22.4 Å². The predicted molar refractivity (Wildman–Crippen MR) is 138 cm³/mol. The molecule has 2 heterocycles. The molecule has 1 aliphatic rings. The molecule has 1 atom stereocenters. The van der Waals surface area contributed by atoms with Gasteiger partial charge in [0.05, 0.1) is 11.3 Å². The van der Waals surface area contributed by atoms with Crippen molar-refractivity contribution in [2.24, 2.45) is 0 Å². The molecule has 1 unspecified atom stereocenters. The summed E-state index contributed by atoms with van der Waals surface area (Å²) in [6, 6.07) is 15.9. The third-order valence-corrected chi connectivity index (χ3v) is 7.07. The molecule has 4 aromatic rings. The minimum atomic E-state index is -1.96. The van der Waals surface area contributed by atoms with Crippen molar-refractivity contribution in [1.82, 2.24) is 9.88 Å². The normalized spacial score (nSPS) is 14.9. The number of anilines is 1. The van der Waals surface area contributed by atoms with Crippen LogP contribution in [0, 0.1) is 23.3 Å². The Bertz CT molecular complexity index is 1520. The highest BCUT2D eigenvalue weighted by Gasteiger charge is 2.36. The number of benzene rings is 3. The van der Waals surface area contributed by atoms with Crippen LogP contribution in [0.5, 0.6) is 0 Å². The van der Waals surface area contributed by atoms with E-state index in [0.717, 1.165) is 16.9 Å². The minimum Gasteiger partial charge on any atom is -0.445 e. The topological polar surface area (TPSA) is 71.5 Å². The molecule has 1 fully saturated rings. The third kappa shape index (κ3) is 5.35. The van der Waals surface area contributed by atoms with E-state index in [-0.39, 0.29) is 23.0 Å². The second-order valence-electron chi connectivity index (χ2n) is 8.79. The zero-order valence-corrected chi connectivity index (χ0v) is 21.1. The number of nitrogens with one attached hydrogen (secondary N) is 1. The van der Waals surface area contributed by atoms with Gasteiger partial charge in [0, 0.05) is 17.5 Å². The van der Waals surface area contributed by atoms with Gasteiger partial charge in [-0.25, -0.2) is 27.3 Å². The van der Waals surface area contributed by atoms with Gasteiger partial charge in [0.1, 0.15) is 12.6 Å². The Morgan fingerprint density at radius 1 is 0.923 bits per heavy atom. The van der Waals surface area contributed by atoms with Gasteiger partial charge >= 0.3 is 6.09 Å². The smallest absolute Gasteiger partial charge is 0.410 e. The first-order chi connectivity index (χ1) is 18.8. The standard InChI is InChI=1S/C28H21F4N3O3S/c29-22-20(17-10-5-2-6-11-17)21(23(30)25(32)24(22)31)18-15-39-27(33-18)34-26(36)19-12-7-13-35(19)28(37)38-14-16-8-3-1-4-9-16/h1-6,8-11,15,19H,7,12-14H2,(H,33,34,36). The van der Waals surface area contributed by atoms with Gasteiger partial charge in [-0.3, -0.25) is 9.69 Å². The molecule has 1 aliphatic heterocycles. The summed E-state index contributed by atoms with van der Waals surface area (Å²) in [5, 5.41) is 3.91. The number of amides is 2. The maximum absolute atomic E-state index is 15.0. The second kappa shape index (κ2) is 11.2. The highest BCUT2D eigenvalue weighted by Crippen LogP contribution is 2.40. The van der Waals surface area contributed by atoms with Crippen LogP contribution >= 0.6 is 11.3 Å². The summed E-state index contributed by atoms with van der Waals surface area (Å²) < 4.78 is 63.5. The molecule has 39 heavy (non-hydrogen) atoms. The maximum atomic E-state index is 15.0. The van der Waals surface area contributed by atoms with Crippen molar-refractivity contribution >= 4 is 28.5 Å². The number of carbonyl (C=O) groups is 2. The van der Waals surface area contributed by atoms with E-state index in [2.05, 4.69) is 10.3 Å². The van der Waals surface area contributed by atoms with Crippen LogP contribution in [0.4, 0.5) is 27.5 Å². The van der Waals surface area contributed by atoms with Gasteiger partial charge in [-0.05, 0) is 24.0 Å². The number of hydrogen-bond acceptors (Lipinski definition) is 5. The number of likely N-dealkylation sites (tertiary alicyclic amines) is 1. The Labute approximate surface area is 224 Å². The van der Waals surface area contributed by atoms with Crippen LogP contribution < -0.4 is 5.32 Å². The largest absolute Gasteiger partial charge is 0.445 e. The van der Waals surface area contributed by atoms with Gasteiger partial charge < -0.3 is 10.1 Å². The van der Waals surface area contributed by atoms with Crippen LogP contribution in [-0.2, 0) is 16.1 Å². The van der Waals surface area contributed by atoms with Gasteiger partial charge in [0.2, 0.25) is 5.91 Å². The Hall–Kier alpha value is -4.25. The fraction of sp³-hybridized carbons (Fsp3) is 0.179. The molecule has 1 aromatic heterocycles. The van der Waals surface area contributed by atoms with Crippen molar-refractivity contribution in [3.8, 4) is 22.4 Å². The zero-order valence-electron chi connectivity index (χ0n) is 20.3. The number of rotatable bonds is 6. The highest BCUT2D eigenvalue weighted by molar-refractivity contribution is 7.14. The van der Waals surface area contributed by atoms with Crippen molar-refractivity contribution in [2.45, 2.75) is 25.5 Å². The summed E-state index contributed by atoms with van der Waals surface area (Å²) in [5.41, 5.74) is -0.316. The van der Waals surface area contributed by atoms with Crippen LogP contribution in [0.1, 0.15) is 18.4 Å². The first-order valence-corrected chi connectivity index (χ1v) is 12.9. The van der Waals surface area contributed by atoms with Crippen LogP contribution in [0.3, 0.4) is 0 Å². The Morgan fingerprint density at radius 2 is 1.56 bits per heavy atom. The molecule has 200 valence electrons. The van der Waals surface area contributed by atoms with Gasteiger partial charge in [-0.1, -0.05) is 60.7 Å². The highest BCUT2D eigenvalue weighted by atomic mass is 32.1. The van der Waals surface area contributed by atoms with E-state index >= 15 is 0 Å². The van der Waals surface area contributed by atoms with E-state index in [1.54, 1.807) is 18.2 Å². The predicted octanol–water partition coefficient (Wildman–Crippen LogP) is 6.77. The number of nitrogens with zero attached hydrogens (tertiary/aromatic N) is 2. The lowest BCUT2D eigenvalue weighted by atomic mass is 9.96. The molecule has 0 spiro atoms. The molecule has 0 bridgehead atoms. The quantitative estimate of drug-likeness (QED) is 0.162. The molecule has 0 radical (unpaired) electrons. The van der Waals surface area contributed by atoms with E-state index in [4.69, 9.17) is 4.74 Å². The second-order valence-corrected chi connectivity index (χ2v) is 9.65.